The largest absolute Gasteiger partial charge is 0.314 e. The highest BCUT2D eigenvalue weighted by molar-refractivity contribution is 7.87. The average molecular weight is 291 g/mol. The van der Waals surface area contributed by atoms with Gasteiger partial charge in [0.25, 0.3) is 0 Å². The lowest BCUT2D eigenvalue weighted by molar-refractivity contribution is 0.152. The van der Waals surface area contributed by atoms with Crippen molar-refractivity contribution in [2.24, 2.45) is 0 Å². The van der Waals surface area contributed by atoms with Crippen LogP contribution >= 0.6 is 0 Å². The highest BCUT2D eigenvalue weighted by atomic mass is 32.2. The Kier molecular flexibility index (Phi) is 9.91. The first-order chi connectivity index (χ1) is 9.26. The quantitative estimate of drug-likeness (QED) is 0.453. The van der Waals surface area contributed by atoms with E-state index in [4.69, 9.17) is 8.37 Å². The van der Waals surface area contributed by atoms with Gasteiger partial charge in [-0.15, -0.1) is 8.37 Å². The van der Waals surface area contributed by atoms with E-state index in [1.807, 2.05) is 0 Å². The molecule has 1 rings (SSSR count). The van der Waals surface area contributed by atoms with E-state index in [0.717, 1.165) is 5.75 Å². The Balaban J connectivity index is 1.86. The normalized spacial score (nSPS) is 18.3. The minimum absolute atomic E-state index is 0.266. The fraction of sp³-hybridized carbons (Fsp3) is 1.00. The number of hydrogen-bond acceptors (Lipinski definition) is 4. The van der Waals surface area contributed by atoms with Crippen LogP contribution in [0.1, 0.15) is 32.1 Å². The Morgan fingerprint density at radius 3 is 2.05 bits per heavy atom. The molecule has 0 aromatic carbocycles. The lowest BCUT2D eigenvalue weighted by atomic mass is 10.1. The van der Waals surface area contributed by atoms with Crippen molar-refractivity contribution in [2.45, 2.75) is 32.1 Å². The van der Waals surface area contributed by atoms with Crippen LogP contribution in [-0.4, -0.2) is 69.5 Å². The molecule has 1 heterocycles. The molecule has 0 spiro atoms. The first kappa shape index (κ1) is 17.2. The van der Waals surface area contributed by atoms with Gasteiger partial charge in [0, 0.05) is 26.2 Å². The molecule has 0 N–H and O–H groups in total. The van der Waals surface area contributed by atoms with E-state index in [1.54, 1.807) is 14.2 Å². The van der Waals surface area contributed by atoms with Gasteiger partial charge in [0.05, 0.1) is 14.2 Å². The molecule has 0 amide bonds. The Morgan fingerprint density at radius 2 is 1.42 bits per heavy atom. The van der Waals surface area contributed by atoms with Crippen molar-refractivity contribution < 1.29 is 8.37 Å². The van der Waals surface area contributed by atoms with Crippen molar-refractivity contribution >= 4 is 11.5 Å². The van der Waals surface area contributed by atoms with Crippen molar-refractivity contribution in [1.82, 2.24) is 9.80 Å². The molecule has 0 aliphatic carbocycles. The van der Waals surface area contributed by atoms with Gasteiger partial charge in [0.15, 0.2) is 5.75 Å². The van der Waals surface area contributed by atoms with E-state index in [1.165, 1.54) is 64.8 Å². The maximum atomic E-state index is 5.21. The summed E-state index contributed by atoms with van der Waals surface area (Å²) in [4.78, 5) is 5.02. The molecule has 114 valence electrons. The van der Waals surface area contributed by atoms with E-state index in [2.05, 4.69) is 16.8 Å². The van der Waals surface area contributed by atoms with E-state index in [0.29, 0.717) is 0 Å². The molecule has 0 aromatic rings. The van der Waals surface area contributed by atoms with Crippen molar-refractivity contribution in [3.63, 3.8) is 0 Å². The van der Waals surface area contributed by atoms with Crippen LogP contribution in [0, 0.1) is 0 Å². The van der Waals surface area contributed by atoms with Crippen molar-refractivity contribution in [3.05, 3.63) is 0 Å². The SMILES string of the molecule is CO[S+](CCCCCCCN1CCN(C)CC1)OC. The number of piperazine rings is 1. The fourth-order valence-electron chi connectivity index (χ4n) is 2.39. The van der Waals surface area contributed by atoms with Gasteiger partial charge in [0.1, 0.15) is 0 Å². The summed E-state index contributed by atoms with van der Waals surface area (Å²) < 4.78 is 10.4. The summed E-state index contributed by atoms with van der Waals surface area (Å²) >= 11 is -0.266. The zero-order valence-corrected chi connectivity index (χ0v) is 13.7. The van der Waals surface area contributed by atoms with Crippen LogP contribution < -0.4 is 0 Å². The molecule has 4 nitrogen and oxygen atoms in total. The minimum Gasteiger partial charge on any atom is -0.304 e. The first-order valence-electron chi connectivity index (χ1n) is 7.47. The smallest absolute Gasteiger partial charge is 0.304 e. The second kappa shape index (κ2) is 10.9. The van der Waals surface area contributed by atoms with Crippen LogP contribution in [0.15, 0.2) is 0 Å². The zero-order chi connectivity index (χ0) is 13.9. The monoisotopic (exact) mass is 291 g/mol. The number of nitrogens with zero attached hydrogens (tertiary/aromatic N) is 2. The van der Waals surface area contributed by atoms with Gasteiger partial charge in [-0.25, -0.2) is 0 Å². The first-order valence-corrected chi connectivity index (χ1v) is 8.71. The lowest BCUT2D eigenvalue weighted by Gasteiger charge is -2.32. The van der Waals surface area contributed by atoms with E-state index in [-0.39, 0.29) is 11.5 Å². The second-order valence-corrected chi connectivity index (χ2v) is 6.94. The number of unbranched alkanes of at least 4 members (excludes halogenated alkanes) is 4. The Hall–Kier alpha value is 0.190. The molecule has 0 bridgehead atoms. The maximum absolute atomic E-state index is 5.21. The van der Waals surface area contributed by atoms with Crippen LogP contribution in [0.3, 0.4) is 0 Å². The summed E-state index contributed by atoms with van der Waals surface area (Å²) in [6.07, 6.45) is 6.58. The third-order valence-electron chi connectivity index (χ3n) is 3.75. The number of likely N-dealkylation sites (N-methyl/N-ethyl adjacent to an activating group) is 1. The fourth-order valence-corrected chi connectivity index (χ4v) is 3.30. The van der Waals surface area contributed by atoms with E-state index >= 15 is 0 Å². The van der Waals surface area contributed by atoms with Gasteiger partial charge in [-0.2, -0.15) is 0 Å². The molecule has 1 aliphatic heterocycles. The van der Waals surface area contributed by atoms with Crippen molar-refractivity contribution in [2.75, 3.05) is 59.7 Å². The average Bonchev–Trinajstić information content (AvgIpc) is 2.44. The maximum Gasteiger partial charge on any atom is 0.314 e. The minimum atomic E-state index is -0.266. The van der Waals surface area contributed by atoms with Crippen molar-refractivity contribution in [3.8, 4) is 0 Å². The summed E-state index contributed by atoms with van der Waals surface area (Å²) in [5.74, 6) is 1.05. The predicted molar refractivity (Wildman–Crippen MR) is 83.3 cm³/mol. The Morgan fingerprint density at radius 1 is 0.842 bits per heavy atom. The van der Waals surface area contributed by atoms with Gasteiger partial charge < -0.3 is 9.80 Å². The lowest BCUT2D eigenvalue weighted by Crippen LogP contribution is -2.44. The number of rotatable bonds is 10. The summed E-state index contributed by atoms with van der Waals surface area (Å²) in [6.45, 7) is 6.25. The summed E-state index contributed by atoms with van der Waals surface area (Å²) in [5.41, 5.74) is 0. The topological polar surface area (TPSA) is 24.9 Å². The van der Waals surface area contributed by atoms with Crippen LogP contribution in [-0.2, 0) is 19.8 Å². The molecule has 0 aromatic heterocycles. The van der Waals surface area contributed by atoms with Gasteiger partial charge >= 0.3 is 11.5 Å². The van der Waals surface area contributed by atoms with Crippen LogP contribution in [0.2, 0.25) is 0 Å². The van der Waals surface area contributed by atoms with E-state index < -0.39 is 0 Å². The molecule has 0 atom stereocenters. The van der Waals surface area contributed by atoms with Crippen LogP contribution in [0.25, 0.3) is 0 Å². The molecule has 19 heavy (non-hydrogen) atoms. The van der Waals surface area contributed by atoms with Gasteiger partial charge in [-0.05, 0) is 32.9 Å². The standard InChI is InChI=1S/C14H31N2O2S/c1-15-10-12-16(13-11-15)9-7-5-4-6-8-14-19(17-2)18-3/h4-14H2,1-3H3/q+1. The second-order valence-electron chi connectivity index (χ2n) is 5.25. The molecule has 1 aliphatic rings. The van der Waals surface area contributed by atoms with Gasteiger partial charge in [-0.3, -0.25) is 0 Å². The highest BCUT2D eigenvalue weighted by Crippen LogP contribution is 2.09. The molecule has 1 fully saturated rings. The Labute approximate surface area is 122 Å². The molecule has 0 radical (unpaired) electrons. The van der Waals surface area contributed by atoms with Gasteiger partial charge in [0.2, 0.25) is 0 Å². The molecular weight excluding hydrogens is 260 g/mol. The molecular formula is C14H31N2O2S+. The van der Waals surface area contributed by atoms with Crippen LogP contribution in [0.5, 0.6) is 0 Å². The summed E-state index contributed by atoms with van der Waals surface area (Å²) in [5, 5.41) is 0. The summed E-state index contributed by atoms with van der Waals surface area (Å²) in [6, 6.07) is 0. The predicted octanol–water partition coefficient (Wildman–Crippen LogP) is 1.93. The number of hydrogen-bond donors (Lipinski definition) is 0. The van der Waals surface area contributed by atoms with Gasteiger partial charge in [-0.1, -0.05) is 12.8 Å². The molecule has 0 saturated carbocycles. The summed E-state index contributed by atoms with van der Waals surface area (Å²) in [7, 11) is 5.66. The third kappa shape index (κ3) is 8.15. The Bertz CT molecular complexity index is 208. The zero-order valence-electron chi connectivity index (χ0n) is 12.9. The van der Waals surface area contributed by atoms with E-state index in [9.17, 15) is 0 Å². The van der Waals surface area contributed by atoms with Crippen molar-refractivity contribution in [1.29, 1.82) is 0 Å². The highest BCUT2D eigenvalue weighted by Gasteiger charge is 2.17. The molecule has 5 heteroatoms. The third-order valence-corrected chi connectivity index (χ3v) is 5.12. The van der Waals surface area contributed by atoms with Crippen LogP contribution in [0.4, 0.5) is 0 Å². The molecule has 0 unspecified atom stereocenters. The molecule has 1 saturated heterocycles.